The van der Waals surface area contributed by atoms with Gasteiger partial charge in [-0.25, -0.2) is 23.4 Å². The third-order valence-electron chi connectivity index (χ3n) is 6.72. The Labute approximate surface area is 207 Å². The van der Waals surface area contributed by atoms with E-state index in [9.17, 15) is 8.42 Å². The van der Waals surface area contributed by atoms with Crippen molar-refractivity contribution in [3.05, 3.63) is 55.0 Å². The van der Waals surface area contributed by atoms with Crippen LogP contribution < -0.4 is 15.2 Å². The third-order valence-corrected chi connectivity index (χ3v) is 8.11. The van der Waals surface area contributed by atoms with Crippen LogP contribution in [0.5, 0.6) is 5.75 Å². The number of anilines is 2. The van der Waals surface area contributed by atoms with Crippen LogP contribution in [0.15, 0.2) is 59.9 Å². The van der Waals surface area contributed by atoms with E-state index >= 15 is 0 Å². The van der Waals surface area contributed by atoms with Crippen LogP contribution in [0.3, 0.4) is 0 Å². The van der Waals surface area contributed by atoms with Crippen LogP contribution in [-0.4, -0.2) is 40.0 Å². The van der Waals surface area contributed by atoms with Crippen LogP contribution in [0.25, 0.3) is 33.5 Å². The molecule has 36 heavy (non-hydrogen) atoms. The molecule has 3 heterocycles. The van der Waals surface area contributed by atoms with E-state index in [-0.39, 0.29) is 4.90 Å². The molecular weight excluding hydrogens is 478 g/mol. The highest BCUT2D eigenvalue weighted by Crippen LogP contribution is 2.38. The lowest BCUT2D eigenvalue weighted by atomic mass is 10.2. The predicted molar refractivity (Wildman–Crippen MR) is 138 cm³/mol. The number of fused-ring (bicyclic) bond motifs is 2. The summed E-state index contributed by atoms with van der Waals surface area (Å²) in [5.41, 5.74) is 9.72. The number of hydrogen-bond acceptors (Lipinski definition) is 7. The molecule has 0 spiro atoms. The topological polar surface area (TPSA) is 141 Å². The number of H-pyrrole nitrogens is 1. The van der Waals surface area contributed by atoms with Gasteiger partial charge >= 0.3 is 0 Å². The minimum Gasteiger partial charge on any atom is -0.497 e. The number of aromatic amines is 1. The van der Waals surface area contributed by atoms with Gasteiger partial charge in [-0.15, -0.1) is 0 Å². The molecule has 3 aromatic heterocycles. The van der Waals surface area contributed by atoms with Crippen LogP contribution >= 0.6 is 0 Å². The summed E-state index contributed by atoms with van der Waals surface area (Å²) < 4.78 is 35.7. The van der Waals surface area contributed by atoms with Gasteiger partial charge < -0.3 is 20.0 Å². The van der Waals surface area contributed by atoms with Crippen LogP contribution in [0.2, 0.25) is 0 Å². The first-order chi connectivity index (χ1) is 17.4. The summed E-state index contributed by atoms with van der Waals surface area (Å²) in [4.78, 5) is 17.0. The SMILES string of the molecule is COc1ccc(S(=O)(=O)Nc2ccc3nc(-c4cn(C5CCCC5)c5ncnc(N)c45)[nH]c3c2)cc1. The number of aromatic nitrogens is 5. The molecule has 0 amide bonds. The summed E-state index contributed by atoms with van der Waals surface area (Å²) in [6.45, 7) is 0. The average molecular weight is 504 g/mol. The Hall–Kier alpha value is -4.12. The number of hydrogen-bond donors (Lipinski definition) is 3. The van der Waals surface area contributed by atoms with E-state index in [0.29, 0.717) is 40.2 Å². The van der Waals surface area contributed by atoms with Crippen LogP contribution in [-0.2, 0) is 10.0 Å². The molecule has 0 saturated heterocycles. The molecule has 6 rings (SSSR count). The second-order valence-electron chi connectivity index (χ2n) is 8.94. The number of sulfonamides is 1. The predicted octanol–water partition coefficient (Wildman–Crippen LogP) is 4.48. The lowest BCUT2D eigenvalue weighted by Crippen LogP contribution is -2.12. The second kappa shape index (κ2) is 8.52. The maximum Gasteiger partial charge on any atom is 0.261 e. The Morgan fingerprint density at radius 1 is 1.11 bits per heavy atom. The van der Waals surface area contributed by atoms with Crippen molar-refractivity contribution in [2.24, 2.45) is 0 Å². The van der Waals surface area contributed by atoms with E-state index in [0.717, 1.165) is 29.4 Å². The molecular formula is C25H25N7O3S. The molecule has 1 aliphatic rings. The normalized spacial score (nSPS) is 14.6. The van der Waals surface area contributed by atoms with Gasteiger partial charge in [0, 0.05) is 17.8 Å². The van der Waals surface area contributed by atoms with E-state index in [1.165, 1.54) is 38.4 Å². The highest BCUT2D eigenvalue weighted by Gasteiger charge is 2.24. The van der Waals surface area contributed by atoms with Gasteiger partial charge in [0.2, 0.25) is 0 Å². The zero-order valence-corrected chi connectivity index (χ0v) is 20.4. The highest BCUT2D eigenvalue weighted by molar-refractivity contribution is 7.92. The van der Waals surface area contributed by atoms with Crippen molar-refractivity contribution in [2.75, 3.05) is 17.6 Å². The molecule has 4 N–H and O–H groups in total. The number of ether oxygens (including phenoxy) is 1. The van der Waals surface area contributed by atoms with Gasteiger partial charge in [0.05, 0.1) is 34.1 Å². The fourth-order valence-corrected chi connectivity index (χ4v) is 5.97. The molecule has 0 radical (unpaired) electrons. The van der Waals surface area contributed by atoms with Crippen LogP contribution in [0, 0.1) is 0 Å². The molecule has 11 heteroatoms. The Bertz CT molecular complexity index is 1680. The fourth-order valence-electron chi connectivity index (χ4n) is 4.92. The summed E-state index contributed by atoms with van der Waals surface area (Å²) in [5.74, 6) is 1.62. The Balaban J connectivity index is 1.37. The van der Waals surface area contributed by atoms with E-state index in [1.54, 1.807) is 30.3 Å². The molecule has 1 saturated carbocycles. The number of rotatable bonds is 6. The Morgan fingerprint density at radius 2 is 1.89 bits per heavy atom. The number of nitrogen functional groups attached to an aromatic ring is 1. The number of nitrogens with one attached hydrogen (secondary N) is 2. The summed E-state index contributed by atoms with van der Waals surface area (Å²) in [6, 6.07) is 11.8. The van der Waals surface area contributed by atoms with Crippen molar-refractivity contribution >= 4 is 43.6 Å². The van der Waals surface area contributed by atoms with Gasteiger partial charge in [-0.2, -0.15) is 0 Å². The fraction of sp³-hybridized carbons (Fsp3) is 0.240. The molecule has 0 atom stereocenters. The number of benzene rings is 2. The summed E-state index contributed by atoms with van der Waals surface area (Å²) >= 11 is 0. The zero-order valence-electron chi connectivity index (χ0n) is 19.6. The number of methoxy groups -OCH3 is 1. The molecule has 0 aliphatic heterocycles. The molecule has 1 aliphatic carbocycles. The van der Waals surface area contributed by atoms with Crippen molar-refractivity contribution in [3.8, 4) is 17.1 Å². The van der Waals surface area contributed by atoms with Gasteiger partial charge in [-0.3, -0.25) is 4.72 Å². The summed E-state index contributed by atoms with van der Waals surface area (Å²) in [6.07, 6.45) is 8.14. The molecule has 0 bridgehead atoms. The standard InChI is InChI=1S/C25H25N7O3S/c1-35-17-7-9-18(10-8-17)36(33,34)31-15-6-11-20-21(12-15)30-24(29-20)19-13-32(16-4-2-3-5-16)25-22(19)23(26)27-14-28-25/h6-14,16,31H,2-5H2,1H3,(H,29,30)(H2,26,27,28). The van der Waals surface area contributed by atoms with Gasteiger partial charge in [-0.1, -0.05) is 12.8 Å². The zero-order chi connectivity index (χ0) is 24.9. The lowest BCUT2D eigenvalue weighted by Gasteiger charge is -2.12. The van der Waals surface area contributed by atoms with Gasteiger partial charge in [0.15, 0.2) is 0 Å². The van der Waals surface area contributed by atoms with E-state index in [4.69, 9.17) is 15.5 Å². The third kappa shape index (κ3) is 3.81. The lowest BCUT2D eigenvalue weighted by molar-refractivity contribution is 0.414. The van der Waals surface area contributed by atoms with Crippen LogP contribution in [0.1, 0.15) is 31.7 Å². The molecule has 5 aromatic rings. The van der Waals surface area contributed by atoms with E-state index in [1.807, 2.05) is 0 Å². The van der Waals surface area contributed by atoms with Gasteiger partial charge in [0.25, 0.3) is 10.0 Å². The first-order valence-electron chi connectivity index (χ1n) is 11.7. The monoisotopic (exact) mass is 503 g/mol. The van der Waals surface area contributed by atoms with Crippen molar-refractivity contribution in [3.63, 3.8) is 0 Å². The summed E-state index contributed by atoms with van der Waals surface area (Å²) in [5, 5.41) is 0.767. The van der Waals surface area contributed by atoms with Crippen molar-refractivity contribution < 1.29 is 13.2 Å². The Morgan fingerprint density at radius 3 is 2.64 bits per heavy atom. The van der Waals surface area contributed by atoms with Crippen molar-refractivity contribution in [2.45, 2.75) is 36.6 Å². The molecule has 1 fully saturated rings. The number of nitrogens with two attached hydrogens (primary N) is 1. The van der Waals surface area contributed by atoms with Gasteiger partial charge in [0.1, 0.15) is 29.4 Å². The molecule has 0 unspecified atom stereocenters. The minimum atomic E-state index is -3.77. The molecule has 2 aromatic carbocycles. The summed E-state index contributed by atoms with van der Waals surface area (Å²) in [7, 11) is -2.24. The number of imidazole rings is 1. The van der Waals surface area contributed by atoms with E-state index < -0.39 is 10.0 Å². The maximum atomic E-state index is 12.9. The van der Waals surface area contributed by atoms with Crippen molar-refractivity contribution in [1.29, 1.82) is 0 Å². The van der Waals surface area contributed by atoms with Crippen molar-refractivity contribution in [1.82, 2.24) is 24.5 Å². The minimum absolute atomic E-state index is 0.142. The highest BCUT2D eigenvalue weighted by atomic mass is 32.2. The quantitative estimate of drug-likeness (QED) is 0.310. The maximum absolute atomic E-state index is 12.9. The first-order valence-corrected chi connectivity index (χ1v) is 13.2. The Kier molecular flexibility index (Phi) is 5.29. The van der Waals surface area contributed by atoms with E-state index in [2.05, 4.69) is 30.4 Å². The largest absolute Gasteiger partial charge is 0.497 e. The smallest absolute Gasteiger partial charge is 0.261 e. The van der Waals surface area contributed by atoms with Crippen LogP contribution in [0.4, 0.5) is 11.5 Å². The number of nitrogens with zero attached hydrogens (tertiary/aromatic N) is 4. The molecule has 184 valence electrons. The molecule has 10 nitrogen and oxygen atoms in total. The van der Waals surface area contributed by atoms with Gasteiger partial charge in [-0.05, 0) is 55.3 Å². The average Bonchev–Trinajstić information content (AvgIpc) is 3.62. The second-order valence-corrected chi connectivity index (χ2v) is 10.6. The first kappa shape index (κ1) is 22.4.